The van der Waals surface area contributed by atoms with Gasteiger partial charge in [-0.2, -0.15) is 0 Å². The van der Waals surface area contributed by atoms with Crippen LogP contribution in [0.5, 0.6) is 0 Å². The number of hydrogen-bond donors (Lipinski definition) is 1. The summed E-state index contributed by atoms with van der Waals surface area (Å²) >= 11 is 3.20. The molecule has 0 bridgehead atoms. The summed E-state index contributed by atoms with van der Waals surface area (Å²) in [6.45, 7) is 3.39. The predicted octanol–water partition coefficient (Wildman–Crippen LogP) is 3.99. The number of carbonyl (C=O) groups excluding carboxylic acids is 1. The highest BCUT2D eigenvalue weighted by Gasteiger charge is 2.39. The van der Waals surface area contributed by atoms with E-state index in [2.05, 4.69) is 21.2 Å². The second-order valence-corrected chi connectivity index (χ2v) is 5.64. The molecule has 21 heavy (non-hydrogen) atoms. The Bertz CT molecular complexity index is 650. The van der Waals surface area contributed by atoms with Crippen molar-refractivity contribution in [2.45, 2.75) is 19.4 Å². The number of esters is 1. The molecule has 1 aromatic carbocycles. The third-order valence-electron chi connectivity index (χ3n) is 3.10. The Morgan fingerprint density at radius 3 is 2.62 bits per heavy atom. The molecule has 0 saturated carbocycles. The first-order valence-electron chi connectivity index (χ1n) is 6.25. The van der Waals surface area contributed by atoms with Gasteiger partial charge in [0.1, 0.15) is 11.6 Å². The maximum absolute atomic E-state index is 13.5. The van der Waals surface area contributed by atoms with E-state index in [-0.39, 0.29) is 5.82 Å². The summed E-state index contributed by atoms with van der Waals surface area (Å²) in [7, 11) is 1.29. The zero-order valence-corrected chi connectivity index (χ0v) is 13.5. The minimum atomic E-state index is -1.26. The van der Waals surface area contributed by atoms with E-state index in [9.17, 15) is 9.18 Å². The van der Waals surface area contributed by atoms with Crippen LogP contribution in [0.15, 0.2) is 39.4 Å². The number of rotatable bonds is 4. The van der Waals surface area contributed by atoms with Gasteiger partial charge in [0, 0.05) is 5.69 Å². The van der Waals surface area contributed by atoms with E-state index in [1.165, 1.54) is 19.2 Å². The quantitative estimate of drug-likeness (QED) is 0.842. The van der Waals surface area contributed by atoms with Gasteiger partial charge in [-0.05, 0) is 65.7 Å². The lowest BCUT2D eigenvalue weighted by Gasteiger charge is -2.27. The lowest BCUT2D eigenvalue weighted by Crippen LogP contribution is -2.41. The van der Waals surface area contributed by atoms with Crippen LogP contribution in [0.3, 0.4) is 0 Å². The van der Waals surface area contributed by atoms with E-state index in [0.29, 0.717) is 16.1 Å². The Kier molecular flexibility index (Phi) is 4.37. The van der Waals surface area contributed by atoms with Gasteiger partial charge in [0.15, 0.2) is 10.2 Å². The number of carbonyl (C=O) groups is 1. The highest BCUT2D eigenvalue weighted by molar-refractivity contribution is 9.10. The van der Waals surface area contributed by atoms with E-state index in [1.54, 1.807) is 32.0 Å². The van der Waals surface area contributed by atoms with E-state index in [0.717, 1.165) is 5.56 Å². The molecule has 1 aromatic heterocycles. The lowest BCUT2D eigenvalue weighted by atomic mass is 9.98. The molecule has 0 aliphatic rings. The summed E-state index contributed by atoms with van der Waals surface area (Å²) in [5.41, 5.74) is -0.0562. The van der Waals surface area contributed by atoms with Crippen molar-refractivity contribution in [1.29, 1.82) is 0 Å². The number of ether oxygens (including phenoxy) is 1. The SMILES string of the molecule is COC(=O)C(C)(Nc1cc(C)cc(F)c1)c1ccc(Br)o1. The summed E-state index contributed by atoms with van der Waals surface area (Å²) in [5.74, 6) is -0.556. The van der Waals surface area contributed by atoms with Crippen LogP contribution in [-0.2, 0) is 15.1 Å². The monoisotopic (exact) mass is 355 g/mol. The summed E-state index contributed by atoms with van der Waals surface area (Å²) < 4.78 is 24.3. The molecule has 0 spiro atoms. The molecule has 0 aliphatic heterocycles. The van der Waals surface area contributed by atoms with Gasteiger partial charge in [0.25, 0.3) is 0 Å². The minimum absolute atomic E-state index is 0.364. The number of benzene rings is 1. The number of nitrogens with one attached hydrogen (secondary N) is 1. The number of furan rings is 1. The number of halogens is 2. The molecule has 1 atom stereocenters. The van der Waals surface area contributed by atoms with Crippen LogP contribution in [0.25, 0.3) is 0 Å². The van der Waals surface area contributed by atoms with Crippen molar-refractivity contribution in [2.24, 2.45) is 0 Å². The largest absolute Gasteiger partial charge is 0.467 e. The highest BCUT2D eigenvalue weighted by atomic mass is 79.9. The fraction of sp³-hybridized carbons (Fsp3) is 0.267. The first-order chi connectivity index (χ1) is 9.85. The molecule has 0 radical (unpaired) electrons. The first kappa shape index (κ1) is 15.6. The molecule has 4 nitrogen and oxygen atoms in total. The van der Waals surface area contributed by atoms with Crippen LogP contribution < -0.4 is 5.32 Å². The van der Waals surface area contributed by atoms with Crippen LogP contribution in [0.4, 0.5) is 10.1 Å². The first-order valence-corrected chi connectivity index (χ1v) is 7.04. The maximum atomic E-state index is 13.5. The van der Waals surface area contributed by atoms with Gasteiger partial charge in [-0.15, -0.1) is 0 Å². The van der Waals surface area contributed by atoms with Gasteiger partial charge in [-0.3, -0.25) is 0 Å². The average molecular weight is 356 g/mol. The molecule has 6 heteroatoms. The Balaban J connectivity index is 2.43. The molecule has 112 valence electrons. The number of aryl methyl sites for hydroxylation is 1. The summed E-state index contributed by atoms with van der Waals surface area (Å²) in [5, 5.41) is 2.99. The zero-order valence-electron chi connectivity index (χ0n) is 11.9. The second-order valence-electron chi connectivity index (χ2n) is 4.86. The van der Waals surface area contributed by atoms with Gasteiger partial charge in [0.05, 0.1) is 7.11 Å². The topological polar surface area (TPSA) is 51.5 Å². The van der Waals surface area contributed by atoms with Crippen molar-refractivity contribution < 1.29 is 18.3 Å². The molecule has 0 saturated heterocycles. The molecule has 0 amide bonds. The molecule has 1 N–H and O–H groups in total. The van der Waals surface area contributed by atoms with E-state index in [1.807, 2.05) is 0 Å². The van der Waals surface area contributed by atoms with Crippen LogP contribution in [0.2, 0.25) is 0 Å². The number of hydrogen-bond acceptors (Lipinski definition) is 4. The molecular formula is C15H15BrFNO3. The molecule has 0 aliphatic carbocycles. The summed E-state index contributed by atoms with van der Waals surface area (Å²) in [6, 6.07) is 7.79. The molecular weight excluding hydrogens is 341 g/mol. The predicted molar refractivity (Wildman–Crippen MR) is 80.5 cm³/mol. The highest BCUT2D eigenvalue weighted by Crippen LogP contribution is 2.31. The van der Waals surface area contributed by atoms with E-state index < -0.39 is 11.5 Å². The lowest BCUT2D eigenvalue weighted by molar-refractivity contribution is -0.146. The standard InChI is InChI=1S/C15H15BrFNO3/c1-9-6-10(17)8-11(7-9)18-15(2,14(19)20-3)12-4-5-13(16)21-12/h4-8,18H,1-3H3. The Hall–Kier alpha value is -1.82. The fourth-order valence-corrected chi connectivity index (χ4v) is 2.40. The van der Waals surface area contributed by atoms with Crippen LogP contribution >= 0.6 is 15.9 Å². The van der Waals surface area contributed by atoms with Gasteiger partial charge in [-0.1, -0.05) is 0 Å². The van der Waals surface area contributed by atoms with Crippen molar-refractivity contribution >= 4 is 27.6 Å². The van der Waals surface area contributed by atoms with Gasteiger partial charge in [-0.25, -0.2) is 9.18 Å². The smallest absolute Gasteiger partial charge is 0.339 e. The van der Waals surface area contributed by atoms with Crippen molar-refractivity contribution in [3.05, 3.63) is 52.1 Å². The molecule has 2 aromatic rings. The zero-order chi connectivity index (χ0) is 15.6. The average Bonchev–Trinajstić information content (AvgIpc) is 2.83. The number of anilines is 1. The normalized spacial score (nSPS) is 13.6. The second kappa shape index (κ2) is 5.89. The maximum Gasteiger partial charge on any atom is 0.339 e. The minimum Gasteiger partial charge on any atom is -0.467 e. The van der Waals surface area contributed by atoms with Crippen LogP contribution in [0, 0.1) is 12.7 Å². The molecule has 1 unspecified atom stereocenters. The van der Waals surface area contributed by atoms with Crippen molar-refractivity contribution in [2.75, 3.05) is 12.4 Å². The third-order valence-corrected chi connectivity index (χ3v) is 3.52. The van der Waals surface area contributed by atoms with Crippen molar-refractivity contribution in [3.63, 3.8) is 0 Å². The van der Waals surface area contributed by atoms with Gasteiger partial charge < -0.3 is 14.5 Å². The third kappa shape index (κ3) is 3.26. The van der Waals surface area contributed by atoms with Gasteiger partial charge >= 0.3 is 5.97 Å². The fourth-order valence-electron chi connectivity index (χ4n) is 2.10. The van der Waals surface area contributed by atoms with Gasteiger partial charge in [0.2, 0.25) is 0 Å². The Morgan fingerprint density at radius 2 is 2.10 bits per heavy atom. The molecule has 1 heterocycles. The summed E-state index contributed by atoms with van der Waals surface area (Å²) in [6.07, 6.45) is 0. The number of methoxy groups -OCH3 is 1. The van der Waals surface area contributed by atoms with Crippen molar-refractivity contribution in [3.8, 4) is 0 Å². The molecule has 2 rings (SSSR count). The van der Waals surface area contributed by atoms with Crippen LogP contribution in [-0.4, -0.2) is 13.1 Å². The Morgan fingerprint density at radius 1 is 1.38 bits per heavy atom. The van der Waals surface area contributed by atoms with Crippen molar-refractivity contribution in [1.82, 2.24) is 0 Å². The Labute approximate surface area is 130 Å². The molecule has 0 fully saturated rings. The summed E-state index contributed by atoms with van der Waals surface area (Å²) in [4.78, 5) is 12.2. The van der Waals surface area contributed by atoms with E-state index >= 15 is 0 Å². The van der Waals surface area contributed by atoms with E-state index in [4.69, 9.17) is 9.15 Å². The van der Waals surface area contributed by atoms with Crippen LogP contribution in [0.1, 0.15) is 18.2 Å².